The molecule has 0 spiro atoms. The monoisotopic (exact) mass is 417 g/mol. The molecule has 0 bridgehead atoms. The van der Waals surface area contributed by atoms with Crippen LogP contribution in [0.2, 0.25) is 0 Å². The summed E-state index contributed by atoms with van der Waals surface area (Å²) in [6.07, 6.45) is 3.50. The van der Waals surface area contributed by atoms with E-state index in [9.17, 15) is 4.79 Å². The van der Waals surface area contributed by atoms with Crippen LogP contribution in [-0.2, 0) is 0 Å². The number of rotatable bonds is 5. The van der Waals surface area contributed by atoms with Crippen molar-refractivity contribution in [2.75, 3.05) is 7.11 Å². The van der Waals surface area contributed by atoms with E-state index in [-0.39, 0.29) is 11.9 Å². The second-order valence-electron chi connectivity index (χ2n) is 5.35. The second kappa shape index (κ2) is 7.76. The molecule has 0 saturated carbocycles. The predicted octanol–water partition coefficient (Wildman–Crippen LogP) is 4.47. The molecule has 3 rings (SSSR count). The number of hydrogen-bond acceptors (Lipinski definition) is 5. The number of thiazole rings is 1. The standard InChI is InChI=1S/C18H16BrN3O2S/c1-11(18-22-16(10-25-18)12-4-3-7-20-9-12)21-17(23)14-8-13(24-2)5-6-15(14)19/h3-11H,1-2H3,(H,21,23). The number of nitrogens with zero attached hydrogens (tertiary/aromatic N) is 2. The molecule has 0 saturated heterocycles. The van der Waals surface area contributed by atoms with Gasteiger partial charge in [0.15, 0.2) is 0 Å². The van der Waals surface area contributed by atoms with Crippen molar-refractivity contribution in [3.63, 3.8) is 0 Å². The van der Waals surface area contributed by atoms with Gasteiger partial charge in [0.25, 0.3) is 5.91 Å². The molecule has 1 aromatic carbocycles. The van der Waals surface area contributed by atoms with Gasteiger partial charge in [-0.05, 0) is 53.2 Å². The van der Waals surface area contributed by atoms with Crippen LogP contribution in [0, 0.1) is 0 Å². The van der Waals surface area contributed by atoms with E-state index in [1.54, 1.807) is 37.7 Å². The third-order valence-electron chi connectivity index (χ3n) is 3.62. The number of benzene rings is 1. The second-order valence-corrected chi connectivity index (χ2v) is 7.10. The maximum Gasteiger partial charge on any atom is 0.253 e. The largest absolute Gasteiger partial charge is 0.497 e. The first-order chi connectivity index (χ1) is 12.1. The van der Waals surface area contributed by atoms with Gasteiger partial charge in [-0.3, -0.25) is 9.78 Å². The van der Waals surface area contributed by atoms with Gasteiger partial charge in [0.05, 0.1) is 24.4 Å². The van der Waals surface area contributed by atoms with E-state index in [1.165, 1.54) is 11.3 Å². The molecule has 25 heavy (non-hydrogen) atoms. The van der Waals surface area contributed by atoms with Crippen LogP contribution in [0.1, 0.15) is 28.3 Å². The SMILES string of the molecule is COc1ccc(Br)c(C(=O)NC(C)c2nc(-c3cccnc3)cs2)c1. The number of pyridine rings is 1. The van der Waals surface area contributed by atoms with Crippen molar-refractivity contribution >= 4 is 33.2 Å². The summed E-state index contributed by atoms with van der Waals surface area (Å²) >= 11 is 4.92. The highest BCUT2D eigenvalue weighted by molar-refractivity contribution is 9.10. The molecule has 0 aliphatic carbocycles. The fourth-order valence-electron chi connectivity index (χ4n) is 2.27. The third kappa shape index (κ3) is 4.05. The highest BCUT2D eigenvalue weighted by atomic mass is 79.9. The Hall–Kier alpha value is -2.25. The van der Waals surface area contributed by atoms with Crippen LogP contribution >= 0.6 is 27.3 Å². The molecule has 1 N–H and O–H groups in total. The number of halogens is 1. The van der Waals surface area contributed by atoms with Crippen molar-refractivity contribution in [2.45, 2.75) is 13.0 Å². The summed E-state index contributed by atoms with van der Waals surface area (Å²) in [6.45, 7) is 1.91. The smallest absolute Gasteiger partial charge is 0.253 e. The predicted molar refractivity (Wildman–Crippen MR) is 102 cm³/mol. The number of amides is 1. The lowest BCUT2D eigenvalue weighted by atomic mass is 10.2. The van der Waals surface area contributed by atoms with Crippen LogP contribution in [0.3, 0.4) is 0 Å². The number of carbonyl (C=O) groups is 1. The minimum atomic E-state index is -0.207. The van der Waals surface area contributed by atoms with Gasteiger partial charge in [-0.2, -0.15) is 0 Å². The van der Waals surface area contributed by atoms with E-state index in [4.69, 9.17) is 4.74 Å². The van der Waals surface area contributed by atoms with Gasteiger partial charge in [0.2, 0.25) is 0 Å². The molecule has 5 nitrogen and oxygen atoms in total. The molecule has 128 valence electrons. The van der Waals surface area contributed by atoms with Gasteiger partial charge < -0.3 is 10.1 Å². The third-order valence-corrected chi connectivity index (χ3v) is 5.33. The van der Waals surface area contributed by atoms with Gasteiger partial charge in [0.1, 0.15) is 10.8 Å². The zero-order valence-corrected chi connectivity index (χ0v) is 16.1. The van der Waals surface area contributed by atoms with Gasteiger partial charge >= 0.3 is 0 Å². The Balaban J connectivity index is 1.75. The lowest BCUT2D eigenvalue weighted by Crippen LogP contribution is -2.26. The van der Waals surface area contributed by atoms with E-state index < -0.39 is 0 Å². The molecule has 1 atom stereocenters. The lowest BCUT2D eigenvalue weighted by molar-refractivity contribution is 0.0938. The van der Waals surface area contributed by atoms with Crippen LogP contribution in [0.5, 0.6) is 5.75 Å². The van der Waals surface area contributed by atoms with Crippen LogP contribution in [0.15, 0.2) is 52.6 Å². The first-order valence-electron chi connectivity index (χ1n) is 7.58. The summed E-state index contributed by atoms with van der Waals surface area (Å²) in [5, 5.41) is 5.79. The number of methoxy groups -OCH3 is 1. The Kier molecular flexibility index (Phi) is 5.45. The molecular formula is C18H16BrN3O2S. The maximum absolute atomic E-state index is 12.6. The van der Waals surface area contributed by atoms with Gasteiger partial charge in [0, 0.05) is 27.8 Å². The van der Waals surface area contributed by atoms with Crippen molar-refractivity contribution in [1.29, 1.82) is 0 Å². The maximum atomic E-state index is 12.6. The minimum absolute atomic E-state index is 0.184. The summed E-state index contributed by atoms with van der Waals surface area (Å²) in [5.41, 5.74) is 2.34. The highest BCUT2D eigenvalue weighted by Gasteiger charge is 2.17. The van der Waals surface area contributed by atoms with Crippen molar-refractivity contribution in [2.24, 2.45) is 0 Å². The summed E-state index contributed by atoms with van der Waals surface area (Å²) in [4.78, 5) is 21.3. The molecular weight excluding hydrogens is 402 g/mol. The minimum Gasteiger partial charge on any atom is -0.497 e. The van der Waals surface area contributed by atoms with E-state index in [1.807, 2.05) is 24.4 Å². The van der Waals surface area contributed by atoms with Crippen molar-refractivity contribution in [1.82, 2.24) is 15.3 Å². The van der Waals surface area contributed by atoms with E-state index >= 15 is 0 Å². The summed E-state index contributed by atoms with van der Waals surface area (Å²) < 4.78 is 5.90. The molecule has 7 heteroatoms. The van der Waals surface area contributed by atoms with E-state index in [0.29, 0.717) is 15.8 Å². The first-order valence-corrected chi connectivity index (χ1v) is 9.26. The van der Waals surface area contributed by atoms with Gasteiger partial charge in [-0.1, -0.05) is 0 Å². The Bertz CT molecular complexity index is 883. The van der Waals surface area contributed by atoms with Crippen LogP contribution in [0.25, 0.3) is 11.3 Å². The van der Waals surface area contributed by atoms with Crippen LogP contribution < -0.4 is 10.1 Å². The Labute approximate surface area is 158 Å². The molecule has 0 aliphatic heterocycles. The molecule has 1 unspecified atom stereocenters. The Morgan fingerprint density at radius 3 is 2.92 bits per heavy atom. The van der Waals surface area contributed by atoms with Crippen LogP contribution in [-0.4, -0.2) is 23.0 Å². The number of carbonyl (C=O) groups excluding carboxylic acids is 1. The molecule has 0 fully saturated rings. The average molecular weight is 418 g/mol. The summed E-state index contributed by atoms with van der Waals surface area (Å²) in [5.74, 6) is 0.450. The summed E-state index contributed by atoms with van der Waals surface area (Å²) in [7, 11) is 1.57. The zero-order valence-electron chi connectivity index (χ0n) is 13.7. The van der Waals surface area contributed by atoms with Gasteiger partial charge in [-0.25, -0.2) is 4.98 Å². The lowest BCUT2D eigenvalue weighted by Gasteiger charge is -2.13. The highest BCUT2D eigenvalue weighted by Crippen LogP contribution is 2.26. The number of aromatic nitrogens is 2. The zero-order chi connectivity index (χ0) is 17.8. The van der Waals surface area contributed by atoms with Crippen molar-refractivity contribution in [3.05, 3.63) is 63.1 Å². The molecule has 0 aliphatic rings. The molecule has 2 heterocycles. The quantitative estimate of drug-likeness (QED) is 0.664. The van der Waals surface area contributed by atoms with Crippen molar-refractivity contribution < 1.29 is 9.53 Å². The summed E-state index contributed by atoms with van der Waals surface area (Å²) in [6, 6.07) is 8.92. The van der Waals surface area contributed by atoms with E-state index in [0.717, 1.165) is 16.3 Å². The topological polar surface area (TPSA) is 64.1 Å². The first kappa shape index (κ1) is 17.6. The number of nitrogens with one attached hydrogen (secondary N) is 1. The van der Waals surface area contributed by atoms with Gasteiger partial charge in [-0.15, -0.1) is 11.3 Å². The van der Waals surface area contributed by atoms with Crippen molar-refractivity contribution in [3.8, 4) is 17.0 Å². The molecule has 1 amide bonds. The fourth-order valence-corrected chi connectivity index (χ4v) is 3.54. The molecule has 2 aromatic heterocycles. The fraction of sp³-hybridized carbons (Fsp3) is 0.167. The number of ether oxygens (including phenoxy) is 1. The van der Waals surface area contributed by atoms with Crippen LogP contribution in [0.4, 0.5) is 0 Å². The Morgan fingerprint density at radius 2 is 2.20 bits per heavy atom. The number of hydrogen-bond donors (Lipinski definition) is 1. The van der Waals surface area contributed by atoms with E-state index in [2.05, 4.69) is 31.2 Å². The molecule has 0 radical (unpaired) electrons. The average Bonchev–Trinajstić information content (AvgIpc) is 3.13. The molecule has 3 aromatic rings. The normalized spacial score (nSPS) is 11.8. The Morgan fingerprint density at radius 1 is 1.36 bits per heavy atom.